The molecule has 16 heavy (non-hydrogen) atoms. The maximum absolute atomic E-state index is 11.9. The van der Waals surface area contributed by atoms with E-state index in [-0.39, 0.29) is 29.1 Å². The number of carbonyl (C=O) groups is 1. The van der Waals surface area contributed by atoms with Crippen LogP contribution in [0.1, 0.15) is 41.0 Å². The molecule has 3 heteroatoms. The van der Waals surface area contributed by atoms with Gasteiger partial charge in [-0.2, -0.15) is 0 Å². The van der Waals surface area contributed by atoms with E-state index < -0.39 is 0 Å². The van der Waals surface area contributed by atoms with E-state index in [1.807, 2.05) is 11.0 Å². The van der Waals surface area contributed by atoms with E-state index in [4.69, 9.17) is 0 Å². The molecule has 0 spiro atoms. The zero-order chi connectivity index (χ0) is 12.1. The largest absolute Gasteiger partial charge is 0.328 e. The molecule has 2 rings (SSSR count). The van der Waals surface area contributed by atoms with E-state index >= 15 is 0 Å². The zero-order valence-electron chi connectivity index (χ0n) is 10.9. The number of amides is 1. The number of nitrogens with one attached hydrogen (secondary N) is 1. The summed E-state index contributed by atoms with van der Waals surface area (Å²) < 4.78 is 0. The molecule has 1 amide bonds. The van der Waals surface area contributed by atoms with E-state index in [0.717, 1.165) is 6.42 Å². The first-order chi connectivity index (χ1) is 7.23. The minimum absolute atomic E-state index is 0.0144. The summed E-state index contributed by atoms with van der Waals surface area (Å²) in [6.45, 7) is 10.9. The van der Waals surface area contributed by atoms with Gasteiger partial charge >= 0.3 is 0 Å². The van der Waals surface area contributed by atoms with Gasteiger partial charge in [-0.15, -0.1) is 0 Å². The minimum atomic E-state index is -0.0144. The van der Waals surface area contributed by atoms with Crippen molar-refractivity contribution >= 4 is 5.91 Å². The predicted molar refractivity (Wildman–Crippen MR) is 65.1 cm³/mol. The van der Waals surface area contributed by atoms with Gasteiger partial charge in [-0.25, -0.2) is 0 Å². The summed E-state index contributed by atoms with van der Waals surface area (Å²) in [4.78, 5) is 13.9. The Morgan fingerprint density at radius 1 is 1.38 bits per heavy atom. The molecule has 1 N–H and O–H groups in total. The molecule has 0 aromatic carbocycles. The molecular weight excluding hydrogens is 200 g/mol. The highest BCUT2D eigenvalue weighted by atomic mass is 16.2. The first-order valence-corrected chi connectivity index (χ1v) is 6.03. The van der Waals surface area contributed by atoms with Crippen LogP contribution in [0.3, 0.4) is 0 Å². The fourth-order valence-corrected chi connectivity index (χ4v) is 3.23. The van der Waals surface area contributed by atoms with Crippen LogP contribution in [0.4, 0.5) is 0 Å². The van der Waals surface area contributed by atoms with Crippen molar-refractivity contribution in [2.75, 3.05) is 0 Å². The Morgan fingerprint density at radius 2 is 2.00 bits per heavy atom. The fourth-order valence-electron chi connectivity index (χ4n) is 3.23. The Kier molecular flexibility index (Phi) is 2.42. The molecule has 2 aliphatic heterocycles. The highest BCUT2D eigenvalue weighted by Crippen LogP contribution is 2.36. The summed E-state index contributed by atoms with van der Waals surface area (Å²) in [5.41, 5.74) is 0.0934. The Balaban J connectivity index is 2.25. The highest BCUT2D eigenvalue weighted by Gasteiger charge is 2.49. The molecule has 1 fully saturated rings. The molecule has 0 aliphatic carbocycles. The summed E-state index contributed by atoms with van der Waals surface area (Å²) in [6.07, 6.45) is 4.70. The molecule has 0 aromatic heterocycles. The molecule has 3 nitrogen and oxygen atoms in total. The fraction of sp³-hybridized carbons (Fsp3) is 0.769. The summed E-state index contributed by atoms with van der Waals surface area (Å²) in [7, 11) is 0. The van der Waals surface area contributed by atoms with Crippen LogP contribution in [0.25, 0.3) is 0 Å². The monoisotopic (exact) mass is 222 g/mol. The van der Waals surface area contributed by atoms with Crippen LogP contribution in [-0.2, 0) is 4.79 Å². The molecule has 90 valence electrons. The van der Waals surface area contributed by atoms with Crippen molar-refractivity contribution in [3.05, 3.63) is 12.2 Å². The van der Waals surface area contributed by atoms with Gasteiger partial charge in [0, 0.05) is 23.2 Å². The van der Waals surface area contributed by atoms with E-state index in [0.29, 0.717) is 0 Å². The Bertz CT molecular complexity index is 344. The Hall–Kier alpha value is -0.830. The summed E-state index contributed by atoms with van der Waals surface area (Å²) in [5.74, 6) is 0.157. The van der Waals surface area contributed by atoms with E-state index in [1.165, 1.54) is 0 Å². The second-order valence-electron chi connectivity index (χ2n) is 6.30. The van der Waals surface area contributed by atoms with E-state index in [1.54, 1.807) is 6.08 Å². The lowest BCUT2D eigenvalue weighted by Crippen LogP contribution is -2.54. The number of carbonyl (C=O) groups excluding carboxylic acids is 1. The van der Waals surface area contributed by atoms with Gasteiger partial charge in [0.2, 0.25) is 5.91 Å². The molecule has 2 unspecified atom stereocenters. The maximum atomic E-state index is 11.9. The van der Waals surface area contributed by atoms with E-state index in [9.17, 15) is 4.79 Å². The summed E-state index contributed by atoms with van der Waals surface area (Å²) >= 11 is 0. The number of rotatable bonds is 1. The van der Waals surface area contributed by atoms with Crippen molar-refractivity contribution in [3.63, 3.8) is 0 Å². The van der Waals surface area contributed by atoms with Crippen molar-refractivity contribution in [2.24, 2.45) is 0 Å². The SMILES string of the molecule is CC1C=CC(=O)N1C1CC(C)(C)NC1(C)C. The minimum Gasteiger partial charge on any atom is -0.328 e. The van der Waals surface area contributed by atoms with Crippen LogP contribution in [0.5, 0.6) is 0 Å². The van der Waals surface area contributed by atoms with Crippen molar-refractivity contribution in [1.82, 2.24) is 10.2 Å². The maximum Gasteiger partial charge on any atom is 0.247 e. The van der Waals surface area contributed by atoms with Crippen molar-refractivity contribution in [3.8, 4) is 0 Å². The normalized spacial score (nSPS) is 36.1. The standard InChI is InChI=1S/C13H22N2O/c1-9-6-7-11(16)15(9)10-8-12(2,3)14-13(10,4)5/h6-7,9-10,14H,8H2,1-5H3. The van der Waals surface area contributed by atoms with Crippen LogP contribution < -0.4 is 5.32 Å². The third-order valence-electron chi connectivity index (χ3n) is 3.74. The second kappa shape index (κ2) is 3.33. The lowest BCUT2D eigenvalue weighted by atomic mass is 9.92. The smallest absolute Gasteiger partial charge is 0.247 e. The Morgan fingerprint density at radius 3 is 2.38 bits per heavy atom. The Labute approximate surface area is 97.9 Å². The van der Waals surface area contributed by atoms with Crippen molar-refractivity contribution in [2.45, 2.75) is 64.2 Å². The molecule has 0 aromatic rings. The molecule has 1 saturated heterocycles. The van der Waals surface area contributed by atoms with Gasteiger partial charge in [-0.3, -0.25) is 4.79 Å². The lowest BCUT2D eigenvalue weighted by molar-refractivity contribution is -0.129. The summed E-state index contributed by atoms with van der Waals surface area (Å²) in [6, 6.07) is 0.507. The van der Waals surface area contributed by atoms with Crippen LogP contribution in [0.15, 0.2) is 12.2 Å². The van der Waals surface area contributed by atoms with E-state index in [2.05, 4.69) is 39.9 Å². The molecule has 0 radical (unpaired) electrons. The van der Waals surface area contributed by atoms with Crippen LogP contribution in [0.2, 0.25) is 0 Å². The van der Waals surface area contributed by atoms with Crippen molar-refractivity contribution < 1.29 is 4.79 Å². The molecule has 2 atom stereocenters. The van der Waals surface area contributed by atoms with Gasteiger partial charge in [-0.1, -0.05) is 6.08 Å². The van der Waals surface area contributed by atoms with Gasteiger partial charge < -0.3 is 10.2 Å². The van der Waals surface area contributed by atoms with Gasteiger partial charge in [0.1, 0.15) is 0 Å². The van der Waals surface area contributed by atoms with Gasteiger partial charge in [-0.05, 0) is 41.0 Å². The number of hydrogen-bond donors (Lipinski definition) is 1. The molecule has 0 bridgehead atoms. The van der Waals surface area contributed by atoms with Crippen LogP contribution in [-0.4, -0.2) is 34.0 Å². The van der Waals surface area contributed by atoms with Crippen LogP contribution >= 0.6 is 0 Å². The number of hydrogen-bond acceptors (Lipinski definition) is 2. The third kappa shape index (κ3) is 1.77. The number of nitrogens with zero attached hydrogens (tertiary/aromatic N) is 1. The third-order valence-corrected chi connectivity index (χ3v) is 3.74. The van der Waals surface area contributed by atoms with Gasteiger partial charge in [0.15, 0.2) is 0 Å². The van der Waals surface area contributed by atoms with Crippen molar-refractivity contribution in [1.29, 1.82) is 0 Å². The molecule has 2 heterocycles. The zero-order valence-corrected chi connectivity index (χ0v) is 10.9. The first kappa shape index (κ1) is 11.6. The second-order valence-corrected chi connectivity index (χ2v) is 6.30. The van der Waals surface area contributed by atoms with Gasteiger partial charge in [0.05, 0.1) is 6.04 Å². The average Bonchev–Trinajstić information content (AvgIpc) is 2.50. The predicted octanol–water partition coefficient (Wildman–Crippen LogP) is 1.69. The van der Waals surface area contributed by atoms with Crippen LogP contribution in [0, 0.1) is 0 Å². The quantitative estimate of drug-likeness (QED) is 0.732. The first-order valence-electron chi connectivity index (χ1n) is 6.03. The average molecular weight is 222 g/mol. The lowest BCUT2D eigenvalue weighted by Gasteiger charge is -2.37. The topological polar surface area (TPSA) is 32.3 Å². The molecular formula is C13H22N2O. The molecule has 0 saturated carbocycles. The summed E-state index contributed by atoms with van der Waals surface area (Å²) in [5, 5.41) is 3.62. The van der Waals surface area contributed by atoms with Gasteiger partial charge in [0.25, 0.3) is 0 Å². The molecule has 2 aliphatic rings. The highest BCUT2D eigenvalue weighted by molar-refractivity contribution is 5.91.